The summed E-state index contributed by atoms with van der Waals surface area (Å²) >= 11 is 0. The minimum atomic E-state index is -3.53. The lowest BCUT2D eigenvalue weighted by Gasteiger charge is -2.18. The van der Waals surface area contributed by atoms with Gasteiger partial charge in [-0.15, -0.1) is 4.83 Å². The van der Waals surface area contributed by atoms with E-state index in [-0.39, 0.29) is 11.7 Å². The van der Waals surface area contributed by atoms with Gasteiger partial charge < -0.3 is 4.74 Å². The number of benzene rings is 2. The average Bonchev–Trinajstić information content (AvgIpc) is 3.52. The molecule has 0 aromatic heterocycles. The molecule has 166 valence electrons. The standard InChI is InChI=1S/C24H30N2O4S/c1-18-4-12-23(13-5-18)31(28,29)25-26-15-14-19(17-26)3-2-16-30-22-10-8-21(9-11-22)24(27)20-6-7-20/h4-5,8-13,19-20,25H,2-3,6-7,14-17H2,1H3/t19-/m1/s1. The minimum absolute atomic E-state index is 0.235. The molecule has 2 aromatic rings. The summed E-state index contributed by atoms with van der Waals surface area (Å²) in [5.41, 5.74) is 1.80. The summed E-state index contributed by atoms with van der Waals surface area (Å²) < 4.78 is 30.9. The maximum atomic E-state index is 12.5. The number of ether oxygens (including phenoxy) is 1. The summed E-state index contributed by atoms with van der Waals surface area (Å²) in [4.78, 5) is 15.0. The predicted octanol–water partition coefficient (Wildman–Crippen LogP) is 3.96. The van der Waals surface area contributed by atoms with Crippen LogP contribution in [0.15, 0.2) is 53.4 Å². The summed E-state index contributed by atoms with van der Waals surface area (Å²) in [5.74, 6) is 1.71. The normalized spacial score (nSPS) is 19.5. The van der Waals surface area contributed by atoms with E-state index in [1.165, 1.54) is 0 Å². The van der Waals surface area contributed by atoms with Crippen LogP contribution >= 0.6 is 0 Å². The zero-order valence-electron chi connectivity index (χ0n) is 17.9. The Bertz CT molecular complexity index is 999. The van der Waals surface area contributed by atoms with Crippen LogP contribution in [0, 0.1) is 18.8 Å². The van der Waals surface area contributed by atoms with Gasteiger partial charge >= 0.3 is 0 Å². The molecule has 7 heteroatoms. The van der Waals surface area contributed by atoms with Gasteiger partial charge in [0.2, 0.25) is 0 Å². The predicted molar refractivity (Wildman–Crippen MR) is 119 cm³/mol. The Morgan fingerprint density at radius 2 is 1.77 bits per heavy atom. The molecule has 0 spiro atoms. The Morgan fingerprint density at radius 3 is 2.45 bits per heavy atom. The van der Waals surface area contributed by atoms with Crippen molar-refractivity contribution >= 4 is 15.8 Å². The Kier molecular flexibility index (Phi) is 6.74. The number of sulfonamides is 1. The molecule has 6 nitrogen and oxygen atoms in total. The number of carbonyl (C=O) groups excluding carboxylic acids is 1. The average molecular weight is 443 g/mol. The molecule has 31 heavy (non-hydrogen) atoms. The molecule has 0 amide bonds. The topological polar surface area (TPSA) is 75.7 Å². The van der Waals surface area contributed by atoms with Gasteiger partial charge in [0.15, 0.2) is 5.78 Å². The first kappa shape index (κ1) is 22.0. The van der Waals surface area contributed by atoms with Gasteiger partial charge in [0, 0.05) is 24.6 Å². The number of Topliss-reactive ketones (excluding diaryl/α,β-unsaturated/α-hetero) is 1. The largest absolute Gasteiger partial charge is 0.494 e. The molecule has 1 N–H and O–H groups in total. The van der Waals surface area contributed by atoms with Crippen molar-refractivity contribution in [3.63, 3.8) is 0 Å². The third-order valence-corrected chi connectivity index (χ3v) is 7.37. The van der Waals surface area contributed by atoms with Crippen LogP contribution in [0.3, 0.4) is 0 Å². The van der Waals surface area contributed by atoms with Crippen molar-refractivity contribution in [3.05, 3.63) is 59.7 Å². The molecular weight excluding hydrogens is 412 g/mol. The Morgan fingerprint density at radius 1 is 1.06 bits per heavy atom. The van der Waals surface area contributed by atoms with E-state index in [0.717, 1.165) is 49.0 Å². The second-order valence-electron chi connectivity index (χ2n) is 8.66. The van der Waals surface area contributed by atoms with Crippen molar-refractivity contribution in [3.8, 4) is 5.75 Å². The van der Waals surface area contributed by atoms with E-state index in [1.807, 2.05) is 31.2 Å². The molecular formula is C24H30N2O4S. The molecule has 1 saturated heterocycles. The number of carbonyl (C=O) groups is 1. The number of rotatable bonds is 10. The molecule has 1 aliphatic heterocycles. The van der Waals surface area contributed by atoms with Crippen LogP contribution in [0.2, 0.25) is 0 Å². The van der Waals surface area contributed by atoms with E-state index in [9.17, 15) is 13.2 Å². The summed E-state index contributed by atoms with van der Waals surface area (Å²) in [6.45, 7) is 3.97. The zero-order valence-corrected chi connectivity index (χ0v) is 18.7. The van der Waals surface area contributed by atoms with Crippen molar-refractivity contribution < 1.29 is 17.9 Å². The lowest BCUT2D eigenvalue weighted by atomic mass is 10.0. The van der Waals surface area contributed by atoms with E-state index in [1.54, 1.807) is 29.3 Å². The first-order valence-corrected chi connectivity index (χ1v) is 12.5. The minimum Gasteiger partial charge on any atom is -0.494 e. The second kappa shape index (κ2) is 9.51. The van der Waals surface area contributed by atoms with Crippen LogP contribution in [0.25, 0.3) is 0 Å². The number of hydrogen-bond donors (Lipinski definition) is 1. The van der Waals surface area contributed by atoms with Gasteiger partial charge in [0.1, 0.15) is 5.75 Å². The summed E-state index contributed by atoms with van der Waals surface area (Å²) in [7, 11) is -3.53. The summed E-state index contributed by atoms with van der Waals surface area (Å²) in [5, 5.41) is 1.80. The molecule has 1 aliphatic carbocycles. The van der Waals surface area contributed by atoms with Gasteiger partial charge in [0.25, 0.3) is 10.0 Å². The highest BCUT2D eigenvalue weighted by atomic mass is 32.2. The fourth-order valence-corrected chi connectivity index (χ4v) is 5.06. The SMILES string of the molecule is Cc1ccc(S(=O)(=O)NN2CC[C@@H](CCCOc3ccc(C(=O)C4CC4)cc3)C2)cc1. The van der Waals surface area contributed by atoms with Crippen molar-refractivity contribution in [2.45, 2.75) is 43.9 Å². The molecule has 4 rings (SSSR count). The quantitative estimate of drug-likeness (QED) is 0.445. The van der Waals surface area contributed by atoms with Gasteiger partial charge in [-0.3, -0.25) is 4.79 Å². The molecule has 2 aliphatic rings. The lowest BCUT2D eigenvalue weighted by Crippen LogP contribution is -2.40. The molecule has 2 aromatic carbocycles. The van der Waals surface area contributed by atoms with Crippen LogP contribution in [-0.4, -0.2) is 38.9 Å². The zero-order chi connectivity index (χ0) is 21.8. The second-order valence-corrected chi connectivity index (χ2v) is 10.3. The highest BCUT2D eigenvalue weighted by Gasteiger charge is 2.30. The molecule has 1 atom stereocenters. The highest BCUT2D eigenvalue weighted by Crippen LogP contribution is 2.33. The van der Waals surface area contributed by atoms with Crippen LogP contribution in [0.4, 0.5) is 0 Å². The molecule has 0 unspecified atom stereocenters. The number of ketones is 1. The van der Waals surface area contributed by atoms with E-state index >= 15 is 0 Å². The first-order valence-electron chi connectivity index (χ1n) is 11.0. The molecule has 0 radical (unpaired) electrons. The maximum absolute atomic E-state index is 12.5. The third-order valence-electron chi connectivity index (χ3n) is 5.98. The monoisotopic (exact) mass is 442 g/mol. The van der Waals surface area contributed by atoms with Crippen molar-refractivity contribution in [1.82, 2.24) is 9.84 Å². The van der Waals surface area contributed by atoms with Crippen LogP contribution in [-0.2, 0) is 10.0 Å². The van der Waals surface area contributed by atoms with Crippen molar-refractivity contribution in [1.29, 1.82) is 0 Å². The number of aryl methyl sites for hydroxylation is 1. The van der Waals surface area contributed by atoms with Crippen molar-refractivity contribution in [2.75, 3.05) is 19.7 Å². The van der Waals surface area contributed by atoms with Crippen molar-refractivity contribution in [2.24, 2.45) is 11.8 Å². The first-order chi connectivity index (χ1) is 14.9. The fourth-order valence-electron chi connectivity index (χ4n) is 3.95. The van der Waals surface area contributed by atoms with Crippen LogP contribution in [0.5, 0.6) is 5.75 Å². The Hall–Kier alpha value is -2.22. The lowest BCUT2D eigenvalue weighted by molar-refractivity contribution is 0.0967. The number of hydrogen-bond acceptors (Lipinski definition) is 5. The Labute approximate surface area is 184 Å². The van der Waals surface area contributed by atoms with E-state index in [0.29, 0.717) is 30.5 Å². The fraction of sp³-hybridized carbons (Fsp3) is 0.458. The van der Waals surface area contributed by atoms with E-state index < -0.39 is 10.0 Å². The molecule has 2 fully saturated rings. The number of hydrazine groups is 1. The van der Waals surface area contributed by atoms with Gasteiger partial charge in [-0.2, -0.15) is 0 Å². The number of nitrogens with zero attached hydrogens (tertiary/aromatic N) is 1. The highest BCUT2D eigenvalue weighted by molar-refractivity contribution is 7.89. The van der Waals surface area contributed by atoms with Crippen LogP contribution < -0.4 is 9.57 Å². The van der Waals surface area contributed by atoms with Gasteiger partial charge in [-0.25, -0.2) is 13.4 Å². The van der Waals surface area contributed by atoms with E-state index in [4.69, 9.17) is 4.74 Å². The third kappa shape index (κ3) is 5.93. The number of nitrogens with one attached hydrogen (secondary N) is 1. The molecule has 1 heterocycles. The Balaban J connectivity index is 1.17. The summed E-state index contributed by atoms with van der Waals surface area (Å²) in [6.07, 6.45) is 4.90. The molecule has 0 bridgehead atoms. The van der Waals surface area contributed by atoms with E-state index in [2.05, 4.69) is 4.83 Å². The van der Waals surface area contributed by atoms with Gasteiger partial charge in [-0.05, 0) is 81.3 Å². The maximum Gasteiger partial charge on any atom is 0.253 e. The molecule has 1 saturated carbocycles. The van der Waals surface area contributed by atoms with Gasteiger partial charge in [0.05, 0.1) is 11.5 Å². The van der Waals surface area contributed by atoms with Gasteiger partial charge in [-0.1, -0.05) is 17.7 Å². The smallest absolute Gasteiger partial charge is 0.253 e. The van der Waals surface area contributed by atoms with Crippen LogP contribution in [0.1, 0.15) is 48.0 Å². The summed E-state index contributed by atoms with van der Waals surface area (Å²) in [6, 6.07) is 14.3.